The van der Waals surface area contributed by atoms with E-state index in [0.29, 0.717) is 24.4 Å². The molecule has 2 rings (SSSR count). The van der Waals surface area contributed by atoms with Crippen LogP contribution < -0.4 is 0 Å². The van der Waals surface area contributed by atoms with E-state index in [4.69, 9.17) is 11.6 Å². The Morgan fingerprint density at radius 1 is 1.41 bits per heavy atom. The van der Waals surface area contributed by atoms with E-state index in [1.807, 2.05) is 12.1 Å². The highest BCUT2D eigenvalue weighted by Crippen LogP contribution is 2.13. The minimum absolute atomic E-state index is 0.000293. The quantitative estimate of drug-likeness (QED) is 0.807. The lowest BCUT2D eigenvalue weighted by Crippen LogP contribution is -2.40. The van der Waals surface area contributed by atoms with Gasteiger partial charge in [0.1, 0.15) is 0 Å². The van der Waals surface area contributed by atoms with Crippen LogP contribution in [0.3, 0.4) is 0 Å². The highest BCUT2D eigenvalue weighted by atomic mass is 35.5. The van der Waals surface area contributed by atoms with E-state index in [-0.39, 0.29) is 18.2 Å². The number of ketones is 1. The van der Waals surface area contributed by atoms with E-state index >= 15 is 0 Å². The second kappa shape index (κ2) is 5.32. The lowest BCUT2D eigenvalue weighted by Gasteiger charge is -2.25. The third-order valence-electron chi connectivity index (χ3n) is 2.85. The maximum atomic E-state index is 12.0. The number of likely N-dealkylation sites (tertiary alicyclic amines) is 1. The molecule has 0 saturated carbocycles. The summed E-state index contributed by atoms with van der Waals surface area (Å²) in [4.78, 5) is 24.9. The van der Waals surface area contributed by atoms with Crippen molar-refractivity contribution in [3.63, 3.8) is 0 Å². The largest absolute Gasteiger partial charge is 0.335 e. The fourth-order valence-electron chi connectivity index (χ4n) is 1.98. The molecule has 0 aliphatic carbocycles. The predicted molar refractivity (Wildman–Crippen MR) is 66.0 cm³/mol. The standard InChI is InChI=1S/C13H14ClNO2/c14-11-4-1-3-10(7-11)8-13(17)15-6-2-5-12(16)9-15/h1,3-4,7H,2,5-6,8-9H2. The van der Waals surface area contributed by atoms with Crippen molar-refractivity contribution >= 4 is 23.3 Å². The van der Waals surface area contributed by atoms with Gasteiger partial charge in [0, 0.05) is 18.0 Å². The number of carbonyl (C=O) groups excluding carboxylic acids is 2. The number of nitrogens with zero attached hydrogens (tertiary/aromatic N) is 1. The molecule has 0 N–H and O–H groups in total. The number of Topliss-reactive ketones (excluding diaryl/α,β-unsaturated/α-hetero) is 1. The summed E-state index contributed by atoms with van der Waals surface area (Å²) in [6, 6.07) is 7.26. The first-order chi connectivity index (χ1) is 8.15. The van der Waals surface area contributed by atoms with Crippen molar-refractivity contribution in [3.05, 3.63) is 34.9 Å². The van der Waals surface area contributed by atoms with Gasteiger partial charge in [-0.25, -0.2) is 0 Å². The van der Waals surface area contributed by atoms with Crippen LogP contribution in [0.4, 0.5) is 0 Å². The van der Waals surface area contributed by atoms with E-state index in [1.54, 1.807) is 17.0 Å². The Hall–Kier alpha value is -1.35. The molecule has 1 amide bonds. The molecular weight excluding hydrogens is 238 g/mol. The molecule has 0 atom stereocenters. The SMILES string of the molecule is O=C1CCCN(C(=O)Cc2cccc(Cl)c2)C1. The fraction of sp³-hybridized carbons (Fsp3) is 0.385. The lowest BCUT2D eigenvalue weighted by atomic mass is 10.1. The minimum Gasteiger partial charge on any atom is -0.335 e. The zero-order chi connectivity index (χ0) is 12.3. The molecule has 1 aliphatic rings. The van der Waals surface area contributed by atoms with Crippen molar-refractivity contribution in [2.24, 2.45) is 0 Å². The number of benzene rings is 1. The van der Waals surface area contributed by atoms with Crippen molar-refractivity contribution in [1.82, 2.24) is 4.90 Å². The van der Waals surface area contributed by atoms with E-state index < -0.39 is 0 Å². The third kappa shape index (κ3) is 3.30. The van der Waals surface area contributed by atoms with Gasteiger partial charge in [0.2, 0.25) is 5.91 Å². The van der Waals surface area contributed by atoms with Gasteiger partial charge >= 0.3 is 0 Å². The zero-order valence-electron chi connectivity index (χ0n) is 9.49. The molecule has 0 unspecified atom stereocenters. The summed E-state index contributed by atoms with van der Waals surface area (Å²) < 4.78 is 0. The maximum absolute atomic E-state index is 12.0. The summed E-state index contributed by atoms with van der Waals surface area (Å²) in [5, 5.41) is 0.630. The van der Waals surface area contributed by atoms with Crippen molar-refractivity contribution in [2.45, 2.75) is 19.3 Å². The summed E-state index contributed by atoms with van der Waals surface area (Å²) >= 11 is 5.86. The van der Waals surface area contributed by atoms with E-state index in [1.165, 1.54) is 0 Å². The highest BCUT2D eigenvalue weighted by molar-refractivity contribution is 6.30. The lowest BCUT2D eigenvalue weighted by molar-refractivity contribution is -0.137. The normalized spacial score (nSPS) is 16.1. The number of halogens is 1. The Labute approximate surface area is 105 Å². The Morgan fingerprint density at radius 3 is 2.94 bits per heavy atom. The first kappa shape index (κ1) is 12.1. The van der Waals surface area contributed by atoms with Crippen LogP contribution in [-0.4, -0.2) is 29.7 Å². The molecule has 0 radical (unpaired) electrons. The average molecular weight is 252 g/mol. The number of carbonyl (C=O) groups is 2. The molecule has 90 valence electrons. The smallest absolute Gasteiger partial charge is 0.227 e. The molecule has 3 nitrogen and oxygen atoms in total. The van der Waals surface area contributed by atoms with Gasteiger partial charge in [-0.05, 0) is 24.1 Å². The van der Waals surface area contributed by atoms with Crippen LogP contribution in [0.2, 0.25) is 5.02 Å². The van der Waals surface area contributed by atoms with E-state index in [9.17, 15) is 9.59 Å². The molecule has 1 fully saturated rings. The molecule has 1 heterocycles. The summed E-state index contributed by atoms with van der Waals surface area (Å²) in [6.07, 6.45) is 1.69. The van der Waals surface area contributed by atoms with Crippen LogP contribution in [0.25, 0.3) is 0 Å². The van der Waals surface area contributed by atoms with Gasteiger partial charge in [-0.2, -0.15) is 0 Å². The molecule has 1 aliphatic heterocycles. The maximum Gasteiger partial charge on any atom is 0.227 e. The molecule has 17 heavy (non-hydrogen) atoms. The Bertz CT molecular complexity index is 445. The molecule has 4 heteroatoms. The molecular formula is C13H14ClNO2. The summed E-state index contributed by atoms with van der Waals surface area (Å²) in [5.41, 5.74) is 0.889. The van der Waals surface area contributed by atoms with Crippen molar-refractivity contribution in [2.75, 3.05) is 13.1 Å². The average Bonchev–Trinajstić information content (AvgIpc) is 2.29. The topological polar surface area (TPSA) is 37.4 Å². The van der Waals surface area contributed by atoms with Crippen molar-refractivity contribution in [1.29, 1.82) is 0 Å². The molecule has 1 aromatic carbocycles. The first-order valence-electron chi connectivity index (χ1n) is 5.69. The monoisotopic (exact) mass is 251 g/mol. The number of amides is 1. The number of hydrogen-bond donors (Lipinski definition) is 0. The fourth-order valence-corrected chi connectivity index (χ4v) is 2.20. The predicted octanol–water partition coefficient (Wildman–Crippen LogP) is 2.07. The molecule has 0 aromatic heterocycles. The second-order valence-corrected chi connectivity index (χ2v) is 4.70. The Morgan fingerprint density at radius 2 is 2.24 bits per heavy atom. The number of rotatable bonds is 2. The molecule has 1 aromatic rings. The van der Waals surface area contributed by atoms with Crippen LogP contribution in [0.5, 0.6) is 0 Å². The first-order valence-corrected chi connectivity index (χ1v) is 6.07. The van der Waals surface area contributed by atoms with E-state index in [0.717, 1.165) is 12.0 Å². The van der Waals surface area contributed by atoms with Gasteiger partial charge in [-0.3, -0.25) is 9.59 Å². The summed E-state index contributed by atoms with van der Waals surface area (Å²) in [7, 11) is 0. The minimum atomic E-state index is 0.000293. The number of piperidine rings is 1. The van der Waals surface area contributed by atoms with Crippen LogP contribution in [0, 0.1) is 0 Å². The van der Waals surface area contributed by atoms with Crippen LogP contribution in [0.1, 0.15) is 18.4 Å². The van der Waals surface area contributed by atoms with E-state index in [2.05, 4.69) is 0 Å². The van der Waals surface area contributed by atoms with Crippen LogP contribution in [-0.2, 0) is 16.0 Å². The van der Waals surface area contributed by atoms with Gasteiger partial charge in [0.05, 0.1) is 13.0 Å². The van der Waals surface area contributed by atoms with Gasteiger partial charge in [0.25, 0.3) is 0 Å². The van der Waals surface area contributed by atoms with Crippen molar-refractivity contribution < 1.29 is 9.59 Å². The molecule has 0 bridgehead atoms. The van der Waals surface area contributed by atoms with Crippen LogP contribution >= 0.6 is 11.6 Å². The zero-order valence-corrected chi connectivity index (χ0v) is 10.2. The molecule has 0 spiro atoms. The second-order valence-electron chi connectivity index (χ2n) is 4.26. The summed E-state index contributed by atoms with van der Waals surface area (Å²) in [6.45, 7) is 0.949. The van der Waals surface area contributed by atoms with Crippen LogP contribution in [0.15, 0.2) is 24.3 Å². The third-order valence-corrected chi connectivity index (χ3v) is 3.08. The van der Waals surface area contributed by atoms with Crippen molar-refractivity contribution in [3.8, 4) is 0 Å². The van der Waals surface area contributed by atoms with Gasteiger partial charge < -0.3 is 4.90 Å². The van der Waals surface area contributed by atoms with Gasteiger partial charge in [-0.1, -0.05) is 23.7 Å². The number of hydrogen-bond acceptors (Lipinski definition) is 2. The molecule has 1 saturated heterocycles. The van der Waals surface area contributed by atoms with Gasteiger partial charge in [-0.15, -0.1) is 0 Å². The summed E-state index contributed by atoms with van der Waals surface area (Å²) in [5.74, 6) is 0.149. The Balaban J connectivity index is 1.99. The van der Waals surface area contributed by atoms with Gasteiger partial charge in [0.15, 0.2) is 5.78 Å². The Kier molecular flexibility index (Phi) is 3.79. The highest BCUT2D eigenvalue weighted by Gasteiger charge is 2.21.